The minimum absolute atomic E-state index is 0.227. The molecule has 0 spiro atoms. The summed E-state index contributed by atoms with van der Waals surface area (Å²) < 4.78 is 41.5. The van der Waals surface area contributed by atoms with Gasteiger partial charge in [0.15, 0.2) is 11.5 Å². The van der Waals surface area contributed by atoms with Crippen LogP contribution in [0.25, 0.3) is 0 Å². The molecule has 1 aromatic carbocycles. The molecule has 1 aromatic heterocycles. The highest BCUT2D eigenvalue weighted by atomic mass is 19.1. The van der Waals surface area contributed by atoms with Crippen molar-refractivity contribution in [3.63, 3.8) is 0 Å². The molecule has 1 atom stereocenters. The van der Waals surface area contributed by atoms with Crippen LogP contribution >= 0.6 is 0 Å². The van der Waals surface area contributed by atoms with E-state index in [9.17, 15) is 22.8 Å². The van der Waals surface area contributed by atoms with Crippen LogP contribution < -0.4 is 4.90 Å². The molecule has 3 aliphatic rings. The normalized spacial score (nSPS) is 20.0. The number of likely N-dealkylation sites (tertiary alicyclic amines) is 1. The molecule has 0 aliphatic carbocycles. The van der Waals surface area contributed by atoms with Gasteiger partial charge in [0.25, 0.3) is 5.91 Å². The number of hydrogen-bond acceptors (Lipinski definition) is 6. The number of aromatic nitrogens is 2. The number of hydrogen-bond donors (Lipinski definition) is 0. The van der Waals surface area contributed by atoms with Crippen LogP contribution in [0.4, 0.5) is 23.9 Å². The summed E-state index contributed by atoms with van der Waals surface area (Å²) in [5.74, 6) is -2.41. The van der Waals surface area contributed by atoms with Gasteiger partial charge in [-0.1, -0.05) is 0 Å². The molecule has 4 heterocycles. The highest BCUT2D eigenvalue weighted by Crippen LogP contribution is 2.30. The number of carbonyl (C=O) groups is 2. The van der Waals surface area contributed by atoms with Gasteiger partial charge in [-0.25, -0.2) is 32.9 Å². The molecule has 34 heavy (non-hydrogen) atoms. The molecular formula is C22H22F3N7O2. The molecule has 0 bridgehead atoms. The molecule has 0 saturated carbocycles. The van der Waals surface area contributed by atoms with Gasteiger partial charge in [-0.05, 0) is 24.1 Å². The lowest BCUT2D eigenvalue weighted by Gasteiger charge is -2.37. The maximum atomic E-state index is 14.2. The molecule has 1 unspecified atom stereocenters. The highest BCUT2D eigenvalue weighted by Gasteiger charge is 2.34. The van der Waals surface area contributed by atoms with Crippen LogP contribution in [0.2, 0.25) is 0 Å². The summed E-state index contributed by atoms with van der Waals surface area (Å²) in [6, 6.07) is 2.21. The smallest absolute Gasteiger partial charge is 0.337 e. The first-order valence-corrected chi connectivity index (χ1v) is 11.0. The zero-order chi connectivity index (χ0) is 23.8. The van der Waals surface area contributed by atoms with Gasteiger partial charge < -0.3 is 14.7 Å². The molecule has 5 rings (SSSR count). The Balaban J connectivity index is 1.25. The van der Waals surface area contributed by atoms with Crippen molar-refractivity contribution < 1.29 is 22.8 Å². The van der Waals surface area contributed by atoms with Crippen LogP contribution in [-0.4, -0.2) is 82.2 Å². The third kappa shape index (κ3) is 4.15. The molecule has 0 radical (unpaired) electrons. The number of amides is 3. The van der Waals surface area contributed by atoms with Gasteiger partial charge in [0.1, 0.15) is 11.6 Å². The van der Waals surface area contributed by atoms with E-state index in [4.69, 9.17) is 0 Å². The van der Waals surface area contributed by atoms with Gasteiger partial charge in [0, 0.05) is 58.0 Å². The van der Waals surface area contributed by atoms with E-state index in [0.717, 1.165) is 18.7 Å². The summed E-state index contributed by atoms with van der Waals surface area (Å²) >= 11 is 0. The van der Waals surface area contributed by atoms with Crippen LogP contribution in [0.1, 0.15) is 34.9 Å². The largest absolute Gasteiger partial charge is 0.341 e. The molecule has 0 N–H and O–H groups in total. The zero-order valence-electron chi connectivity index (χ0n) is 18.2. The number of hydrazone groups is 1. The van der Waals surface area contributed by atoms with E-state index >= 15 is 0 Å². The summed E-state index contributed by atoms with van der Waals surface area (Å²) in [5.41, 5.74) is 0.0841. The van der Waals surface area contributed by atoms with E-state index in [0.29, 0.717) is 51.3 Å². The average molecular weight is 473 g/mol. The first-order chi connectivity index (χ1) is 16.4. The van der Waals surface area contributed by atoms with E-state index in [2.05, 4.69) is 15.1 Å². The first kappa shape index (κ1) is 22.1. The van der Waals surface area contributed by atoms with Gasteiger partial charge in [-0.15, -0.1) is 0 Å². The van der Waals surface area contributed by atoms with Crippen LogP contribution in [0.5, 0.6) is 0 Å². The molecule has 2 fully saturated rings. The lowest BCUT2D eigenvalue weighted by molar-refractivity contribution is 0.0640. The number of rotatable bonds is 3. The van der Waals surface area contributed by atoms with Gasteiger partial charge in [0.05, 0.1) is 12.2 Å². The molecule has 12 heteroatoms. The SMILES string of the molecule is O=C(c1nc(N2CCN(C(=O)N3N=CCC3c3cc(F)cc(F)c3)CC2)ncc1F)N1CCC1. The summed E-state index contributed by atoms with van der Waals surface area (Å²) in [5, 5.41) is 5.36. The topological polar surface area (TPSA) is 85.2 Å². The molecular weight excluding hydrogens is 451 g/mol. The Morgan fingerprint density at radius 2 is 1.62 bits per heavy atom. The second kappa shape index (κ2) is 8.92. The van der Waals surface area contributed by atoms with E-state index in [1.807, 2.05) is 0 Å². The lowest BCUT2D eigenvalue weighted by atomic mass is 10.0. The Kier molecular flexibility index (Phi) is 5.80. The number of benzene rings is 1. The van der Waals surface area contributed by atoms with Crippen molar-refractivity contribution in [2.45, 2.75) is 18.9 Å². The molecule has 3 aliphatic heterocycles. The number of halogens is 3. The Bertz CT molecular complexity index is 1130. The Morgan fingerprint density at radius 3 is 2.26 bits per heavy atom. The molecule has 178 valence electrons. The van der Waals surface area contributed by atoms with Gasteiger partial charge in [0.2, 0.25) is 5.95 Å². The van der Waals surface area contributed by atoms with Crippen LogP contribution in [-0.2, 0) is 0 Å². The average Bonchev–Trinajstić information content (AvgIpc) is 3.27. The Labute approximate surface area is 193 Å². The third-order valence-electron chi connectivity index (χ3n) is 6.21. The molecule has 2 saturated heterocycles. The third-order valence-corrected chi connectivity index (χ3v) is 6.21. The lowest BCUT2D eigenvalue weighted by Crippen LogP contribution is -2.52. The number of nitrogens with zero attached hydrogens (tertiary/aromatic N) is 7. The Morgan fingerprint density at radius 1 is 0.912 bits per heavy atom. The summed E-state index contributed by atoms with van der Waals surface area (Å²) in [7, 11) is 0. The van der Waals surface area contributed by atoms with Gasteiger partial charge >= 0.3 is 6.03 Å². The summed E-state index contributed by atoms with van der Waals surface area (Å²) in [6.45, 7) is 2.52. The van der Waals surface area contributed by atoms with E-state index in [-0.39, 0.29) is 17.7 Å². The maximum Gasteiger partial charge on any atom is 0.341 e. The quantitative estimate of drug-likeness (QED) is 0.684. The van der Waals surface area contributed by atoms with Crippen LogP contribution in [0.15, 0.2) is 29.5 Å². The van der Waals surface area contributed by atoms with Crippen molar-refractivity contribution in [3.05, 3.63) is 53.1 Å². The van der Waals surface area contributed by atoms with Gasteiger partial charge in [-0.3, -0.25) is 4.79 Å². The number of piperazine rings is 1. The monoisotopic (exact) mass is 473 g/mol. The fourth-order valence-corrected chi connectivity index (χ4v) is 4.21. The summed E-state index contributed by atoms with van der Waals surface area (Å²) in [6.07, 6.45) is 3.78. The van der Waals surface area contributed by atoms with Crippen molar-refractivity contribution >= 4 is 24.1 Å². The second-order valence-electron chi connectivity index (χ2n) is 8.37. The van der Waals surface area contributed by atoms with Crippen molar-refractivity contribution in [2.24, 2.45) is 5.10 Å². The van der Waals surface area contributed by atoms with Crippen LogP contribution in [0.3, 0.4) is 0 Å². The second-order valence-corrected chi connectivity index (χ2v) is 8.37. The molecule has 9 nitrogen and oxygen atoms in total. The fourth-order valence-electron chi connectivity index (χ4n) is 4.21. The van der Waals surface area contributed by atoms with Crippen molar-refractivity contribution in [1.29, 1.82) is 0 Å². The van der Waals surface area contributed by atoms with Crippen molar-refractivity contribution in [3.8, 4) is 0 Å². The highest BCUT2D eigenvalue weighted by molar-refractivity contribution is 5.93. The number of urea groups is 1. The minimum atomic E-state index is -0.763. The maximum absolute atomic E-state index is 14.2. The van der Waals surface area contributed by atoms with Crippen molar-refractivity contribution in [1.82, 2.24) is 24.8 Å². The predicted molar refractivity (Wildman–Crippen MR) is 116 cm³/mol. The van der Waals surface area contributed by atoms with E-state index in [1.54, 1.807) is 16.0 Å². The number of carbonyl (C=O) groups excluding carboxylic acids is 2. The zero-order valence-corrected chi connectivity index (χ0v) is 18.2. The van der Waals surface area contributed by atoms with E-state index < -0.39 is 29.4 Å². The van der Waals surface area contributed by atoms with Gasteiger partial charge in [-0.2, -0.15) is 5.10 Å². The molecule has 2 aromatic rings. The first-order valence-electron chi connectivity index (χ1n) is 11.0. The number of anilines is 1. The summed E-state index contributed by atoms with van der Waals surface area (Å²) in [4.78, 5) is 38.6. The predicted octanol–water partition coefficient (Wildman–Crippen LogP) is 2.41. The fraction of sp³-hybridized carbons (Fsp3) is 0.409. The standard InChI is InChI=1S/C22H22F3N7O2/c23-15-10-14(11-16(24)12-15)18-2-3-27-32(18)22(34)31-8-6-30(7-9-31)21-26-13-17(25)19(28-21)20(33)29-4-1-5-29/h3,10-13,18H,1-2,4-9H2. The Hall–Kier alpha value is -3.70. The minimum Gasteiger partial charge on any atom is -0.337 e. The van der Waals surface area contributed by atoms with Crippen molar-refractivity contribution in [2.75, 3.05) is 44.2 Å². The van der Waals surface area contributed by atoms with E-state index in [1.165, 1.54) is 22.0 Å². The molecule has 3 amide bonds. The van der Waals surface area contributed by atoms with Crippen LogP contribution in [0, 0.1) is 17.5 Å².